The molecule has 0 aliphatic heterocycles. The number of alkyl halides is 3. The molecule has 21 heavy (non-hydrogen) atoms. The fourth-order valence-electron chi connectivity index (χ4n) is 3.05. The van der Waals surface area contributed by atoms with Crippen molar-refractivity contribution >= 4 is 0 Å². The Morgan fingerprint density at radius 1 is 1.00 bits per heavy atom. The lowest BCUT2D eigenvalue weighted by Gasteiger charge is -2.28. The molecule has 0 spiro atoms. The van der Waals surface area contributed by atoms with Crippen LogP contribution in [0.1, 0.15) is 30.0 Å². The van der Waals surface area contributed by atoms with Gasteiger partial charge in [-0.3, -0.25) is 0 Å². The monoisotopic (exact) mass is 292 g/mol. The molecular weight excluding hydrogens is 277 g/mol. The van der Waals surface area contributed by atoms with Crippen LogP contribution in [0.4, 0.5) is 13.2 Å². The summed E-state index contributed by atoms with van der Waals surface area (Å²) in [6.45, 7) is 1.97. The summed E-state index contributed by atoms with van der Waals surface area (Å²) in [6.07, 6.45) is -3.22. The first-order chi connectivity index (χ1) is 9.89. The summed E-state index contributed by atoms with van der Waals surface area (Å²) >= 11 is 0. The van der Waals surface area contributed by atoms with Gasteiger partial charge < -0.3 is 5.11 Å². The Balaban J connectivity index is 2.30. The molecule has 0 aromatic heterocycles. The average Bonchev–Trinajstić information content (AvgIpc) is 2.70. The van der Waals surface area contributed by atoms with Gasteiger partial charge >= 0.3 is 6.18 Å². The molecule has 0 fully saturated rings. The van der Waals surface area contributed by atoms with Crippen molar-refractivity contribution in [3.05, 3.63) is 59.2 Å². The first kappa shape index (κ1) is 14.1. The number of aliphatic hydroxyl groups is 1. The summed E-state index contributed by atoms with van der Waals surface area (Å²) in [5.41, 5.74) is -1.32. The van der Waals surface area contributed by atoms with Crippen LogP contribution in [0.5, 0.6) is 0 Å². The predicted octanol–water partition coefficient (Wildman–Crippen LogP) is 4.42. The van der Waals surface area contributed by atoms with Crippen LogP contribution in [0.25, 0.3) is 11.1 Å². The third kappa shape index (κ3) is 1.89. The normalized spacial score (nSPS) is 20.2. The Morgan fingerprint density at radius 2 is 1.67 bits per heavy atom. The Hall–Kier alpha value is -1.81. The van der Waals surface area contributed by atoms with Crippen LogP contribution in [-0.4, -0.2) is 11.3 Å². The maximum Gasteiger partial charge on any atom is 0.425 e. The molecule has 0 saturated heterocycles. The van der Waals surface area contributed by atoms with Gasteiger partial charge in [0.05, 0.1) is 0 Å². The van der Waals surface area contributed by atoms with E-state index < -0.39 is 11.8 Å². The molecule has 1 N–H and O–H groups in total. The number of rotatable bonds is 2. The van der Waals surface area contributed by atoms with Crippen molar-refractivity contribution in [2.24, 2.45) is 0 Å². The molecule has 110 valence electrons. The van der Waals surface area contributed by atoms with Gasteiger partial charge in [-0.2, -0.15) is 13.2 Å². The molecule has 0 radical (unpaired) electrons. The van der Waals surface area contributed by atoms with Crippen molar-refractivity contribution in [1.29, 1.82) is 0 Å². The van der Waals surface area contributed by atoms with Crippen LogP contribution < -0.4 is 0 Å². The van der Waals surface area contributed by atoms with E-state index in [4.69, 9.17) is 0 Å². The fourth-order valence-corrected chi connectivity index (χ4v) is 3.05. The quantitative estimate of drug-likeness (QED) is 0.869. The summed E-state index contributed by atoms with van der Waals surface area (Å²) < 4.78 is 40.7. The maximum absolute atomic E-state index is 13.6. The summed E-state index contributed by atoms with van der Waals surface area (Å²) in [4.78, 5) is 0. The van der Waals surface area contributed by atoms with Gasteiger partial charge in [0, 0.05) is 11.1 Å². The van der Waals surface area contributed by atoms with Gasteiger partial charge in [-0.25, -0.2) is 0 Å². The van der Waals surface area contributed by atoms with Gasteiger partial charge in [-0.15, -0.1) is 0 Å². The number of aryl methyl sites for hydroxylation is 1. The average molecular weight is 292 g/mol. The highest BCUT2D eigenvalue weighted by atomic mass is 19.4. The molecule has 0 amide bonds. The van der Waals surface area contributed by atoms with Crippen LogP contribution in [-0.2, 0) is 12.0 Å². The van der Waals surface area contributed by atoms with Crippen LogP contribution in [0, 0.1) is 0 Å². The van der Waals surface area contributed by atoms with E-state index in [0.29, 0.717) is 17.5 Å². The lowest BCUT2D eigenvalue weighted by molar-refractivity contribution is -0.246. The van der Waals surface area contributed by atoms with Crippen LogP contribution >= 0.6 is 0 Å². The summed E-state index contributed by atoms with van der Waals surface area (Å²) in [6, 6.07) is 11.2. The summed E-state index contributed by atoms with van der Waals surface area (Å²) in [5, 5.41) is 10.5. The van der Waals surface area contributed by atoms with Crippen molar-refractivity contribution in [3.63, 3.8) is 0 Å². The van der Waals surface area contributed by atoms with E-state index in [2.05, 4.69) is 0 Å². The Labute approximate surface area is 121 Å². The number of hydrogen-bond acceptors (Lipinski definition) is 1. The molecular formula is C17H15F3O. The van der Waals surface area contributed by atoms with E-state index in [-0.39, 0.29) is 11.1 Å². The van der Waals surface area contributed by atoms with E-state index in [1.807, 2.05) is 13.0 Å². The molecule has 1 atom stereocenters. The van der Waals surface area contributed by atoms with Gasteiger partial charge in [0.2, 0.25) is 5.60 Å². The molecule has 0 bridgehead atoms. The predicted molar refractivity (Wildman–Crippen MR) is 74.9 cm³/mol. The topological polar surface area (TPSA) is 20.2 Å². The minimum absolute atomic E-state index is 0.0536. The molecule has 3 rings (SSSR count). The SMILES string of the molecule is CCCc1ccc2c(c1)C(O)(C(F)(F)F)c1ccccc1-2. The van der Waals surface area contributed by atoms with Gasteiger partial charge in [0.1, 0.15) is 0 Å². The van der Waals surface area contributed by atoms with Gasteiger partial charge in [-0.05, 0) is 23.1 Å². The smallest absolute Gasteiger partial charge is 0.372 e. The third-order valence-electron chi connectivity index (χ3n) is 4.03. The molecule has 1 aliphatic carbocycles. The highest BCUT2D eigenvalue weighted by molar-refractivity contribution is 5.80. The molecule has 0 heterocycles. The second kappa shape index (κ2) is 4.60. The summed E-state index contributed by atoms with van der Waals surface area (Å²) in [5.74, 6) is 0. The Bertz CT molecular complexity index is 691. The molecule has 4 heteroatoms. The van der Waals surface area contributed by atoms with E-state index in [1.54, 1.807) is 18.2 Å². The molecule has 2 aromatic rings. The summed E-state index contributed by atoms with van der Waals surface area (Å²) in [7, 11) is 0. The van der Waals surface area contributed by atoms with Crippen molar-refractivity contribution in [3.8, 4) is 11.1 Å². The van der Waals surface area contributed by atoms with Crippen molar-refractivity contribution in [1.82, 2.24) is 0 Å². The Kier molecular flexibility index (Phi) is 3.10. The zero-order valence-electron chi connectivity index (χ0n) is 11.5. The highest BCUT2D eigenvalue weighted by Gasteiger charge is 2.60. The first-order valence-corrected chi connectivity index (χ1v) is 6.92. The standard InChI is InChI=1S/C17H15F3O/c1-2-5-11-8-9-13-12-6-3-4-7-14(12)16(21,15(13)10-11)17(18,19)20/h3-4,6-10,21H,2,5H2,1H3. The van der Waals surface area contributed by atoms with Gasteiger partial charge in [-0.1, -0.05) is 55.8 Å². The zero-order chi connectivity index (χ0) is 15.3. The van der Waals surface area contributed by atoms with Gasteiger partial charge in [0.25, 0.3) is 0 Å². The highest BCUT2D eigenvalue weighted by Crippen LogP contribution is 2.54. The minimum Gasteiger partial charge on any atom is -0.372 e. The molecule has 0 saturated carbocycles. The van der Waals surface area contributed by atoms with Gasteiger partial charge in [0.15, 0.2) is 0 Å². The van der Waals surface area contributed by atoms with Crippen LogP contribution in [0.2, 0.25) is 0 Å². The number of benzene rings is 2. The van der Waals surface area contributed by atoms with Crippen molar-refractivity contribution in [2.75, 3.05) is 0 Å². The second-order valence-corrected chi connectivity index (χ2v) is 5.38. The molecule has 1 nitrogen and oxygen atoms in total. The fraction of sp³-hybridized carbons (Fsp3) is 0.294. The largest absolute Gasteiger partial charge is 0.425 e. The van der Waals surface area contributed by atoms with E-state index in [9.17, 15) is 18.3 Å². The molecule has 1 unspecified atom stereocenters. The van der Waals surface area contributed by atoms with E-state index in [0.717, 1.165) is 12.0 Å². The Morgan fingerprint density at radius 3 is 2.33 bits per heavy atom. The lowest BCUT2D eigenvalue weighted by atomic mass is 9.89. The van der Waals surface area contributed by atoms with Crippen LogP contribution in [0.15, 0.2) is 42.5 Å². The van der Waals surface area contributed by atoms with Crippen LogP contribution in [0.3, 0.4) is 0 Å². The van der Waals surface area contributed by atoms with Crippen molar-refractivity contribution < 1.29 is 18.3 Å². The number of halogens is 3. The van der Waals surface area contributed by atoms with Crippen molar-refractivity contribution in [2.45, 2.75) is 31.5 Å². The molecule has 2 aromatic carbocycles. The van der Waals surface area contributed by atoms with E-state index in [1.165, 1.54) is 18.2 Å². The third-order valence-corrected chi connectivity index (χ3v) is 4.03. The first-order valence-electron chi connectivity index (χ1n) is 6.92. The second-order valence-electron chi connectivity index (χ2n) is 5.38. The minimum atomic E-state index is -4.75. The lowest BCUT2D eigenvalue weighted by Crippen LogP contribution is -2.41. The number of hydrogen-bond donors (Lipinski definition) is 1. The molecule has 1 aliphatic rings. The zero-order valence-corrected chi connectivity index (χ0v) is 11.5. The van der Waals surface area contributed by atoms with E-state index >= 15 is 0 Å². The number of fused-ring (bicyclic) bond motifs is 3. The maximum atomic E-state index is 13.6.